The number of anilines is 2. The van der Waals surface area contributed by atoms with Gasteiger partial charge in [0.2, 0.25) is 0 Å². The Labute approximate surface area is 168 Å². The molecule has 2 N–H and O–H groups in total. The Balaban J connectivity index is 0.00000102. The quantitative estimate of drug-likeness (QED) is 0.469. The van der Waals surface area contributed by atoms with Gasteiger partial charge < -0.3 is 15.4 Å². The molecular weight excluding hydrogens is 358 g/mol. The summed E-state index contributed by atoms with van der Waals surface area (Å²) in [6, 6.07) is 8.14. The highest BCUT2D eigenvalue weighted by Crippen LogP contribution is 2.48. The van der Waals surface area contributed by atoms with Crippen LogP contribution < -0.4 is 10.6 Å². The summed E-state index contributed by atoms with van der Waals surface area (Å²) in [7, 11) is 0. The lowest BCUT2D eigenvalue weighted by Crippen LogP contribution is -2.47. The first-order valence-corrected chi connectivity index (χ1v) is 11.0. The molecule has 0 amide bonds. The van der Waals surface area contributed by atoms with Crippen molar-refractivity contribution in [3.63, 3.8) is 0 Å². The van der Waals surface area contributed by atoms with E-state index in [4.69, 9.17) is 10.5 Å². The number of rotatable bonds is 4. The maximum Gasteiger partial charge on any atom is 0.312 e. The molecule has 1 atom stereocenters. The lowest BCUT2D eigenvalue weighted by atomic mass is 9.83. The fraction of sp³-hybridized carbons (Fsp3) is 0.667. The van der Waals surface area contributed by atoms with Crippen LogP contribution in [-0.2, 0) is 9.53 Å². The summed E-state index contributed by atoms with van der Waals surface area (Å²) >= 11 is 3.53. The number of hydrogen-bond acceptors (Lipinski definition) is 6. The number of carbonyl (C=O) groups is 1. The van der Waals surface area contributed by atoms with Crippen LogP contribution in [0.1, 0.15) is 38.5 Å². The molecule has 1 aliphatic carbocycles. The predicted molar refractivity (Wildman–Crippen MR) is 114 cm³/mol. The van der Waals surface area contributed by atoms with Gasteiger partial charge in [-0.3, -0.25) is 9.69 Å². The number of esters is 1. The lowest BCUT2D eigenvalue weighted by Gasteiger charge is -2.36. The zero-order valence-corrected chi connectivity index (χ0v) is 17.3. The van der Waals surface area contributed by atoms with Crippen LogP contribution in [0.15, 0.2) is 24.3 Å². The van der Waals surface area contributed by atoms with Crippen LogP contribution in [-0.4, -0.2) is 56.0 Å². The zero-order chi connectivity index (χ0) is 19.3. The van der Waals surface area contributed by atoms with Crippen molar-refractivity contribution >= 4 is 30.0 Å². The van der Waals surface area contributed by atoms with E-state index in [0.29, 0.717) is 0 Å². The van der Waals surface area contributed by atoms with Crippen molar-refractivity contribution in [3.05, 3.63) is 24.3 Å². The first-order valence-electron chi connectivity index (χ1n) is 10.1. The number of carbonyl (C=O) groups excluding carboxylic acids is 1. The third-order valence-electron chi connectivity index (χ3n) is 6.28. The van der Waals surface area contributed by atoms with E-state index < -0.39 is 0 Å². The van der Waals surface area contributed by atoms with Crippen molar-refractivity contribution in [3.8, 4) is 0 Å². The molecule has 1 aromatic rings. The van der Waals surface area contributed by atoms with Crippen LogP contribution in [0.3, 0.4) is 0 Å². The van der Waals surface area contributed by atoms with Crippen molar-refractivity contribution in [2.75, 3.05) is 49.6 Å². The van der Waals surface area contributed by atoms with Gasteiger partial charge in [-0.15, -0.1) is 0 Å². The van der Waals surface area contributed by atoms with Crippen LogP contribution in [0.4, 0.5) is 11.4 Å². The summed E-state index contributed by atoms with van der Waals surface area (Å²) in [5.41, 5.74) is 7.72. The minimum absolute atomic E-state index is 0.0863. The lowest BCUT2D eigenvalue weighted by molar-refractivity contribution is -0.148. The van der Waals surface area contributed by atoms with Crippen LogP contribution in [0.2, 0.25) is 0 Å². The fourth-order valence-electron chi connectivity index (χ4n) is 4.70. The summed E-state index contributed by atoms with van der Waals surface area (Å²) in [5, 5.41) is 0. The molecule has 1 aromatic carbocycles. The second-order valence-corrected chi connectivity index (χ2v) is 7.93. The van der Waals surface area contributed by atoms with Crippen LogP contribution in [0.5, 0.6) is 0 Å². The van der Waals surface area contributed by atoms with Crippen molar-refractivity contribution in [2.24, 2.45) is 5.41 Å². The Morgan fingerprint density at radius 3 is 2.37 bits per heavy atom. The number of piperazine rings is 1. The molecular formula is C21H33N3O2S. The highest BCUT2D eigenvalue weighted by atomic mass is 32.1. The van der Waals surface area contributed by atoms with Gasteiger partial charge in [0.05, 0.1) is 5.41 Å². The van der Waals surface area contributed by atoms with Gasteiger partial charge in [0.1, 0.15) is 6.10 Å². The molecule has 1 unspecified atom stereocenters. The van der Waals surface area contributed by atoms with E-state index in [1.54, 1.807) is 6.26 Å². The smallest absolute Gasteiger partial charge is 0.312 e. The molecule has 3 fully saturated rings. The molecule has 2 saturated heterocycles. The minimum atomic E-state index is -0.113. The van der Waals surface area contributed by atoms with Gasteiger partial charge in [-0.25, -0.2) is 0 Å². The zero-order valence-electron chi connectivity index (χ0n) is 16.4. The molecule has 1 spiro atoms. The molecule has 150 valence electrons. The van der Waals surface area contributed by atoms with E-state index >= 15 is 0 Å². The normalized spacial score (nSPS) is 24.6. The summed E-state index contributed by atoms with van der Waals surface area (Å²) in [4.78, 5) is 17.1. The van der Waals surface area contributed by atoms with Crippen LogP contribution >= 0.6 is 12.6 Å². The first-order chi connectivity index (χ1) is 13.1. The van der Waals surface area contributed by atoms with Crippen LogP contribution in [0.25, 0.3) is 0 Å². The number of hydrogen-bond donors (Lipinski definition) is 2. The number of benzene rings is 1. The topological polar surface area (TPSA) is 58.8 Å². The number of cyclic esters (lactones) is 1. The maximum absolute atomic E-state index is 12.2. The molecule has 3 aliphatic rings. The Kier molecular flexibility index (Phi) is 6.93. The predicted octanol–water partition coefficient (Wildman–Crippen LogP) is 3.20. The molecule has 0 radical (unpaired) electrons. The van der Waals surface area contributed by atoms with Crippen LogP contribution in [0, 0.1) is 5.41 Å². The van der Waals surface area contributed by atoms with Crippen molar-refractivity contribution in [2.45, 2.75) is 44.6 Å². The highest BCUT2D eigenvalue weighted by molar-refractivity contribution is 7.79. The van der Waals surface area contributed by atoms with Gasteiger partial charge >= 0.3 is 5.97 Å². The largest absolute Gasteiger partial charge is 0.462 e. The molecule has 5 nitrogen and oxygen atoms in total. The average molecular weight is 392 g/mol. The SMILES string of the molecule is CS.Nc1ccc(N2CCN(CCC3CC4(CCCC4)C(=O)O3)CC2)cc1. The Morgan fingerprint density at radius 2 is 1.74 bits per heavy atom. The average Bonchev–Trinajstić information content (AvgIpc) is 3.30. The molecule has 4 rings (SSSR count). The Bertz CT molecular complexity index is 608. The van der Waals surface area contributed by atoms with E-state index in [1.807, 2.05) is 12.1 Å². The highest BCUT2D eigenvalue weighted by Gasteiger charge is 2.50. The second kappa shape index (κ2) is 9.20. The van der Waals surface area contributed by atoms with Gasteiger partial charge in [-0.05, 0) is 49.8 Å². The molecule has 27 heavy (non-hydrogen) atoms. The summed E-state index contributed by atoms with van der Waals surface area (Å²) in [5.74, 6) is 0.0863. The summed E-state index contributed by atoms with van der Waals surface area (Å²) < 4.78 is 5.70. The van der Waals surface area contributed by atoms with Gasteiger partial charge in [0, 0.05) is 50.5 Å². The number of ether oxygens (including phenoxy) is 1. The molecule has 6 heteroatoms. The summed E-state index contributed by atoms with van der Waals surface area (Å²) in [6.45, 7) is 5.24. The number of thiol groups is 1. The van der Waals surface area contributed by atoms with Crippen molar-refractivity contribution in [1.29, 1.82) is 0 Å². The Morgan fingerprint density at radius 1 is 1.11 bits per heavy atom. The molecule has 0 bridgehead atoms. The first kappa shape index (κ1) is 20.3. The van der Waals surface area contributed by atoms with Gasteiger partial charge in [-0.2, -0.15) is 12.6 Å². The second-order valence-electron chi connectivity index (χ2n) is 7.93. The maximum atomic E-state index is 12.2. The minimum Gasteiger partial charge on any atom is -0.462 e. The van der Waals surface area contributed by atoms with Crippen molar-refractivity contribution < 1.29 is 9.53 Å². The molecule has 0 aromatic heterocycles. The van der Waals surface area contributed by atoms with Gasteiger partial charge in [0.25, 0.3) is 0 Å². The Hall–Kier alpha value is -1.40. The van der Waals surface area contributed by atoms with Crippen molar-refractivity contribution in [1.82, 2.24) is 4.90 Å². The monoisotopic (exact) mass is 391 g/mol. The third-order valence-corrected chi connectivity index (χ3v) is 6.28. The molecule has 2 heterocycles. The number of nitrogen functional groups attached to an aromatic ring is 1. The summed E-state index contributed by atoms with van der Waals surface area (Å²) in [6.07, 6.45) is 8.24. The molecule has 2 aliphatic heterocycles. The van der Waals surface area contributed by atoms with E-state index in [9.17, 15) is 4.79 Å². The molecule has 1 saturated carbocycles. The third kappa shape index (κ3) is 4.72. The number of nitrogens with zero attached hydrogens (tertiary/aromatic N) is 2. The fourth-order valence-corrected chi connectivity index (χ4v) is 4.70. The van der Waals surface area contributed by atoms with E-state index in [-0.39, 0.29) is 17.5 Å². The number of nitrogens with two attached hydrogens (primary N) is 1. The van der Waals surface area contributed by atoms with E-state index in [1.165, 1.54) is 18.5 Å². The van der Waals surface area contributed by atoms with E-state index in [0.717, 1.165) is 64.1 Å². The van der Waals surface area contributed by atoms with E-state index in [2.05, 4.69) is 34.6 Å². The van der Waals surface area contributed by atoms with Gasteiger partial charge in [-0.1, -0.05) is 12.8 Å². The standard InChI is InChI=1S/C20H29N3O2.CH4S/c21-16-3-5-17(6-4-16)23-13-11-22(12-14-23)10-7-18-15-20(19(24)25-18)8-1-2-9-20;1-2/h3-6,18H,1-2,7-15,21H2;2H,1H3. The van der Waals surface area contributed by atoms with Gasteiger partial charge in [0.15, 0.2) is 0 Å².